The van der Waals surface area contributed by atoms with Crippen molar-refractivity contribution in [3.8, 4) is 0 Å². The van der Waals surface area contributed by atoms with Crippen LogP contribution in [0.1, 0.15) is 24.8 Å². The second-order valence-corrected chi connectivity index (χ2v) is 5.23. The summed E-state index contributed by atoms with van der Waals surface area (Å²) in [6, 6.07) is 10.3. The van der Waals surface area contributed by atoms with E-state index >= 15 is 0 Å². The molecule has 0 aromatic heterocycles. The third kappa shape index (κ3) is 2.71. The van der Waals surface area contributed by atoms with Gasteiger partial charge in [-0.3, -0.25) is 0 Å². The Bertz CT molecular complexity index is 401. The monoisotopic (exact) mass is 250 g/mol. The van der Waals surface area contributed by atoms with Crippen LogP contribution in [0.4, 0.5) is 0 Å². The normalized spacial score (nSPS) is 15.9. The zero-order valence-electron chi connectivity index (χ0n) is 9.22. The molecule has 0 spiro atoms. The van der Waals surface area contributed by atoms with E-state index in [0.29, 0.717) is 4.20 Å². The summed E-state index contributed by atoms with van der Waals surface area (Å²) in [6.45, 7) is 2.20. The molecular weight excluding hydrogens is 234 g/mol. The van der Waals surface area contributed by atoms with E-state index in [1.807, 2.05) is 18.2 Å². The second kappa shape index (κ2) is 5.60. The van der Waals surface area contributed by atoms with Crippen molar-refractivity contribution in [2.24, 2.45) is 0 Å². The van der Waals surface area contributed by atoms with Crippen molar-refractivity contribution in [1.82, 2.24) is 0 Å². The second-order valence-electron chi connectivity index (χ2n) is 4.07. The van der Waals surface area contributed by atoms with E-state index in [1.54, 1.807) is 0 Å². The standard InChI is InChI=1S/C13H15NS2/c15-13(16)12(11-7-3-1-4-8-11)14-9-5-2-6-10-14/h1,3-4,7-8H,2,5-6,9-10H2/p+1. The first kappa shape index (κ1) is 11.8. The van der Waals surface area contributed by atoms with Crippen molar-refractivity contribution in [2.45, 2.75) is 19.3 Å². The van der Waals surface area contributed by atoms with Gasteiger partial charge in [0.2, 0.25) is 5.71 Å². The van der Waals surface area contributed by atoms with E-state index < -0.39 is 0 Å². The summed E-state index contributed by atoms with van der Waals surface area (Å²) in [4.78, 5) is 0. The van der Waals surface area contributed by atoms with Crippen molar-refractivity contribution in [3.05, 3.63) is 35.9 Å². The molecule has 1 aliphatic heterocycles. The molecule has 1 fully saturated rings. The Morgan fingerprint density at radius 2 is 1.69 bits per heavy atom. The number of hydrogen-bond acceptors (Lipinski definition) is 1. The molecule has 0 saturated carbocycles. The van der Waals surface area contributed by atoms with Crippen LogP contribution in [0.3, 0.4) is 0 Å². The van der Waals surface area contributed by atoms with Gasteiger partial charge in [0.05, 0.1) is 0 Å². The van der Waals surface area contributed by atoms with Gasteiger partial charge in [0.1, 0.15) is 17.3 Å². The van der Waals surface area contributed by atoms with Gasteiger partial charge in [-0.2, -0.15) is 0 Å². The summed E-state index contributed by atoms with van der Waals surface area (Å²) >= 11 is 9.63. The van der Waals surface area contributed by atoms with Gasteiger partial charge in [0.15, 0.2) is 0 Å². The quantitative estimate of drug-likeness (QED) is 0.480. The molecular formula is C13H16NS2+. The Labute approximate surface area is 108 Å². The molecule has 1 aromatic carbocycles. The zero-order chi connectivity index (χ0) is 11.4. The number of nitrogens with zero attached hydrogens (tertiary/aromatic N) is 1. The van der Waals surface area contributed by atoms with Crippen LogP contribution in [-0.4, -0.2) is 27.6 Å². The maximum Gasteiger partial charge on any atom is 0.231 e. The van der Waals surface area contributed by atoms with Gasteiger partial charge in [0.25, 0.3) is 0 Å². The van der Waals surface area contributed by atoms with Crippen molar-refractivity contribution in [2.75, 3.05) is 13.1 Å². The van der Waals surface area contributed by atoms with Gasteiger partial charge < -0.3 is 0 Å². The minimum Gasteiger partial charge on any atom is -0.228 e. The summed E-state index contributed by atoms with van der Waals surface area (Å²) in [5.41, 5.74) is 2.31. The molecule has 3 heteroatoms. The molecule has 1 saturated heterocycles. The van der Waals surface area contributed by atoms with Crippen molar-refractivity contribution in [1.29, 1.82) is 0 Å². The maximum absolute atomic E-state index is 5.27. The van der Waals surface area contributed by atoms with Crippen LogP contribution in [0, 0.1) is 0 Å². The molecule has 1 nitrogen and oxygen atoms in total. The Morgan fingerprint density at radius 3 is 2.25 bits per heavy atom. The van der Waals surface area contributed by atoms with Gasteiger partial charge in [0, 0.05) is 18.4 Å². The molecule has 0 amide bonds. The van der Waals surface area contributed by atoms with E-state index in [0.717, 1.165) is 18.8 Å². The fraction of sp³-hybridized carbons (Fsp3) is 0.385. The third-order valence-corrected chi connectivity index (χ3v) is 3.33. The molecule has 0 atom stereocenters. The Hall–Kier alpha value is -0.670. The van der Waals surface area contributed by atoms with Crippen LogP contribution in [0.15, 0.2) is 30.3 Å². The van der Waals surface area contributed by atoms with Crippen LogP contribution in [-0.2, 0) is 0 Å². The van der Waals surface area contributed by atoms with E-state index in [9.17, 15) is 0 Å². The van der Waals surface area contributed by atoms with E-state index in [4.69, 9.17) is 12.2 Å². The summed E-state index contributed by atoms with van der Waals surface area (Å²) in [5, 5.41) is 0. The van der Waals surface area contributed by atoms with Crippen LogP contribution in [0.2, 0.25) is 0 Å². The molecule has 0 unspecified atom stereocenters. The number of piperidine rings is 1. The average molecular weight is 250 g/mol. The van der Waals surface area contributed by atoms with Crippen LogP contribution in [0.5, 0.6) is 0 Å². The lowest BCUT2D eigenvalue weighted by atomic mass is 10.1. The first-order valence-electron chi connectivity index (χ1n) is 5.69. The predicted octanol–water partition coefficient (Wildman–Crippen LogP) is 2.93. The summed E-state index contributed by atoms with van der Waals surface area (Å²) in [5.74, 6) is 0. The van der Waals surface area contributed by atoms with Crippen LogP contribution < -0.4 is 0 Å². The smallest absolute Gasteiger partial charge is 0.228 e. The molecule has 0 bridgehead atoms. The van der Waals surface area contributed by atoms with Gasteiger partial charge in [-0.05, 0) is 18.6 Å². The first-order chi connectivity index (χ1) is 7.79. The minimum absolute atomic E-state index is 0.702. The summed E-state index contributed by atoms with van der Waals surface area (Å²) in [6.07, 6.45) is 3.84. The van der Waals surface area contributed by atoms with Gasteiger partial charge in [-0.15, -0.1) is 12.6 Å². The van der Waals surface area contributed by atoms with E-state index in [2.05, 4.69) is 29.3 Å². The molecule has 0 aliphatic carbocycles. The first-order valence-corrected chi connectivity index (χ1v) is 6.55. The summed E-state index contributed by atoms with van der Waals surface area (Å²) < 4.78 is 3.07. The largest absolute Gasteiger partial charge is 0.231 e. The minimum atomic E-state index is 0.702. The zero-order valence-corrected chi connectivity index (χ0v) is 10.9. The predicted molar refractivity (Wildman–Crippen MR) is 76.0 cm³/mol. The van der Waals surface area contributed by atoms with Crippen molar-refractivity contribution < 1.29 is 4.58 Å². The highest BCUT2D eigenvalue weighted by Gasteiger charge is 2.21. The highest BCUT2D eigenvalue weighted by atomic mass is 32.1. The molecule has 0 radical (unpaired) electrons. The molecule has 1 aliphatic rings. The lowest BCUT2D eigenvalue weighted by Crippen LogP contribution is -2.30. The number of thiol groups is 1. The topological polar surface area (TPSA) is 3.01 Å². The average Bonchev–Trinajstić information content (AvgIpc) is 2.31. The number of hydrogen-bond donors (Lipinski definition) is 1. The van der Waals surface area contributed by atoms with Gasteiger partial charge in [-0.25, -0.2) is 4.58 Å². The maximum atomic E-state index is 5.27. The summed E-state index contributed by atoms with van der Waals surface area (Å²) in [7, 11) is 0. The highest BCUT2D eigenvalue weighted by Crippen LogP contribution is 2.11. The SMILES string of the molecule is S=C(S)C(c1ccccc1)=[N+]1CCCCC1. The number of thiocarbonyl (C=S) groups is 1. The van der Waals surface area contributed by atoms with Crippen LogP contribution >= 0.6 is 24.8 Å². The van der Waals surface area contributed by atoms with E-state index in [1.165, 1.54) is 24.8 Å². The Kier molecular flexibility index (Phi) is 4.13. The molecule has 1 heterocycles. The molecule has 84 valence electrons. The number of rotatable bonds is 2. The van der Waals surface area contributed by atoms with E-state index in [-0.39, 0.29) is 0 Å². The Balaban J connectivity index is 2.41. The lowest BCUT2D eigenvalue weighted by molar-refractivity contribution is -0.535. The van der Waals surface area contributed by atoms with Crippen molar-refractivity contribution >= 4 is 34.8 Å². The van der Waals surface area contributed by atoms with Crippen LogP contribution in [0.25, 0.3) is 0 Å². The lowest BCUT2D eigenvalue weighted by Gasteiger charge is -2.13. The van der Waals surface area contributed by atoms with Crippen molar-refractivity contribution in [3.63, 3.8) is 0 Å². The number of benzene rings is 1. The molecule has 0 N–H and O–H groups in total. The Morgan fingerprint density at radius 1 is 1.06 bits per heavy atom. The fourth-order valence-electron chi connectivity index (χ4n) is 2.15. The molecule has 16 heavy (non-hydrogen) atoms. The third-order valence-electron chi connectivity index (χ3n) is 2.92. The molecule has 1 aromatic rings. The highest BCUT2D eigenvalue weighted by molar-refractivity contribution is 8.13. The van der Waals surface area contributed by atoms with Gasteiger partial charge >= 0.3 is 0 Å². The molecule has 2 rings (SSSR count). The van der Waals surface area contributed by atoms with Gasteiger partial charge in [-0.1, -0.05) is 30.4 Å². The fourth-order valence-corrected chi connectivity index (χ4v) is 2.67.